The lowest BCUT2D eigenvalue weighted by molar-refractivity contribution is 0.665. The molecule has 12 aromatic rings. The zero-order valence-electron chi connectivity index (χ0n) is 30.3. The fourth-order valence-corrected chi connectivity index (χ4v) is 8.37. The largest absolute Gasteiger partial charge is 0.456 e. The molecule has 0 fully saturated rings. The van der Waals surface area contributed by atoms with E-state index in [1.165, 1.54) is 0 Å². The summed E-state index contributed by atoms with van der Waals surface area (Å²) in [5.74, 6) is 1.78. The predicted octanol–water partition coefficient (Wildman–Crippen LogP) is 13.9. The molecule has 0 radical (unpaired) electrons. The maximum Gasteiger partial charge on any atom is 0.164 e. The van der Waals surface area contributed by atoms with Crippen LogP contribution in [0.4, 0.5) is 0 Å². The smallest absolute Gasteiger partial charge is 0.164 e. The molecular formula is C51H29N3O3. The van der Waals surface area contributed by atoms with Gasteiger partial charge in [0.2, 0.25) is 0 Å². The molecule has 0 amide bonds. The van der Waals surface area contributed by atoms with Gasteiger partial charge in [-0.2, -0.15) is 0 Å². The van der Waals surface area contributed by atoms with Gasteiger partial charge in [0, 0.05) is 60.1 Å². The van der Waals surface area contributed by atoms with Crippen molar-refractivity contribution >= 4 is 65.8 Å². The third kappa shape index (κ3) is 4.94. The minimum absolute atomic E-state index is 0.573. The summed E-state index contributed by atoms with van der Waals surface area (Å²) in [5, 5.41) is 6.14. The second-order valence-corrected chi connectivity index (χ2v) is 14.3. The van der Waals surface area contributed by atoms with Gasteiger partial charge in [0.1, 0.15) is 33.5 Å². The van der Waals surface area contributed by atoms with E-state index in [0.717, 1.165) is 105 Å². The number of benzene rings is 8. The number of hydrogen-bond donors (Lipinski definition) is 0. The molecule has 0 unspecified atom stereocenters. The number of rotatable bonds is 5. The second kappa shape index (κ2) is 12.3. The fourth-order valence-electron chi connectivity index (χ4n) is 8.37. The lowest BCUT2D eigenvalue weighted by Gasteiger charge is -2.10. The molecule has 0 spiro atoms. The highest BCUT2D eigenvalue weighted by molar-refractivity contribution is 6.19. The van der Waals surface area contributed by atoms with E-state index in [-0.39, 0.29) is 0 Å². The van der Waals surface area contributed by atoms with Crippen LogP contribution in [0.3, 0.4) is 0 Å². The third-order valence-electron chi connectivity index (χ3n) is 10.9. The summed E-state index contributed by atoms with van der Waals surface area (Å²) in [7, 11) is 0. The molecule has 4 heterocycles. The number of fused-ring (bicyclic) bond motifs is 9. The molecular weight excluding hydrogens is 703 g/mol. The molecule has 0 aliphatic carbocycles. The molecule has 6 nitrogen and oxygen atoms in total. The maximum absolute atomic E-state index is 6.89. The van der Waals surface area contributed by atoms with Crippen molar-refractivity contribution in [3.05, 3.63) is 176 Å². The minimum atomic E-state index is 0.573. The van der Waals surface area contributed by atoms with Crippen molar-refractivity contribution in [1.29, 1.82) is 0 Å². The minimum Gasteiger partial charge on any atom is -0.456 e. The van der Waals surface area contributed by atoms with E-state index in [4.69, 9.17) is 28.2 Å². The van der Waals surface area contributed by atoms with Crippen molar-refractivity contribution in [2.75, 3.05) is 0 Å². The topological polar surface area (TPSA) is 78.1 Å². The van der Waals surface area contributed by atoms with Gasteiger partial charge >= 0.3 is 0 Å². The van der Waals surface area contributed by atoms with E-state index < -0.39 is 0 Å². The Morgan fingerprint density at radius 1 is 0.281 bits per heavy atom. The molecule has 0 N–H and O–H groups in total. The van der Waals surface area contributed by atoms with Gasteiger partial charge in [-0.05, 0) is 47.5 Å². The molecule has 8 aromatic carbocycles. The van der Waals surface area contributed by atoms with Crippen molar-refractivity contribution in [1.82, 2.24) is 15.0 Å². The normalized spacial score (nSPS) is 11.9. The SMILES string of the molecule is c1ccc(-c2nc(-c3ccccc3)nc(-c3cccc4oc5c(-c6cc(-c7cccc8oc9ccccc9c78)cc7c6oc6ccccc67)cccc5c34)n2)cc1. The van der Waals surface area contributed by atoms with Crippen molar-refractivity contribution in [3.8, 4) is 56.4 Å². The summed E-state index contributed by atoms with van der Waals surface area (Å²) in [6.07, 6.45) is 0. The molecule has 6 heteroatoms. The zero-order valence-corrected chi connectivity index (χ0v) is 30.3. The summed E-state index contributed by atoms with van der Waals surface area (Å²) in [6.45, 7) is 0. The van der Waals surface area contributed by atoms with Crippen molar-refractivity contribution in [2.45, 2.75) is 0 Å². The Balaban J connectivity index is 1.12. The Labute approximate surface area is 325 Å². The van der Waals surface area contributed by atoms with Crippen LogP contribution in [0.25, 0.3) is 122 Å². The maximum atomic E-state index is 6.89. The van der Waals surface area contributed by atoms with Gasteiger partial charge in [-0.25, -0.2) is 15.0 Å². The standard InChI is InChI=1S/C51H29N3O3/c1-3-14-30(15-4-1)49-52-50(31-16-5-2-6-17-31)54-51(53-49)38-23-13-27-44-46(38)37-22-11-21-35(47(37)57-44)40-29-32(28-39-34-18-7-9-24-41(34)56-48(39)40)33-20-12-26-43-45(33)36-19-8-10-25-42(36)55-43/h1-29H. The van der Waals surface area contributed by atoms with Crippen LogP contribution in [0.15, 0.2) is 189 Å². The van der Waals surface area contributed by atoms with Crippen molar-refractivity contribution < 1.29 is 13.3 Å². The summed E-state index contributed by atoms with van der Waals surface area (Å²) in [6, 6.07) is 59.7. The van der Waals surface area contributed by atoms with Crippen LogP contribution in [0.2, 0.25) is 0 Å². The molecule has 0 saturated carbocycles. The second-order valence-electron chi connectivity index (χ2n) is 14.3. The number of furan rings is 3. The molecule has 0 bridgehead atoms. The Morgan fingerprint density at radius 3 is 1.51 bits per heavy atom. The first-order valence-electron chi connectivity index (χ1n) is 18.9. The summed E-state index contributed by atoms with van der Waals surface area (Å²) < 4.78 is 19.9. The number of nitrogens with zero attached hydrogens (tertiary/aromatic N) is 3. The third-order valence-corrected chi connectivity index (χ3v) is 10.9. The summed E-state index contributed by atoms with van der Waals surface area (Å²) >= 11 is 0. The van der Waals surface area contributed by atoms with Gasteiger partial charge in [0.25, 0.3) is 0 Å². The van der Waals surface area contributed by atoms with E-state index in [1.54, 1.807) is 0 Å². The van der Waals surface area contributed by atoms with Gasteiger partial charge in [-0.15, -0.1) is 0 Å². The van der Waals surface area contributed by atoms with Crippen LogP contribution >= 0.6 is 0 Å². The van der Waals surface area contributed by atoms with E-state index in [1.807, 2.05) is 103 Å². The van der Waals surface area contributed by atoms with Gasteiger partial charge in [-0.3, -0.25) is 0 Å². The van der Waals surface area contributed by atoms with Crippen LogP contribution in [0.1, 0.15) is 0 Å². The molecule has 0 atom stereocenters. The van der Waals surface area contributed by atoms with Crippen LogP contribution in [-0.4, -0.2) is 15.0 Å². The first-order chi connectivity index (χ1) is 28.2. The zero-order chi connectivity index (χ0) is 37.5. The monoisotopic (exact) mass is 731 g/mol. The van der Waals surface area contributed by atoms with E-state index in [2.05, 4.69) is 72.8 Å². The molecule has 12 rings (SSSR count). The quantitative estimate of drug-likeness (QED) is 0.175. The molecule has 0 aliphatic heterocycles. The first kappa shape index (κ1) is 31.5. The molecule has 0 saturated heterocycles. The average molecular weight is 732 g/mol. The number of aromatic nitrogens is 3. The highest BCUT2D eigenvalue weighted by Crippen LogP contribution is 2.46. The van der Waals surface area contributed by atoms with Crippen molar-refractivity contribution in [3.63, 3.8) is 0 Å². The molecule has 57 heavy (non-hydrogen) atoms. The highest BCUT2D eigenvalue weighted by Gasteiger charge is 2.23. The number of para-hydroxylation sites is 3. The predicted molar refractivity (Wildman–Crippen MR) is 229 cm³/mol. The van der Waals surface area contributed by atoms with E-state index in [0.29, 0.717) is 17.5 Å². The molecule has 4 aromatic heterocycles. The van der Waals surface area contributed by atoms with Crippen LogP contribution in [0.5, 0.6) is 0 Å². The lowest BCUT2D eigenvalue weighted by atomic mass is 9.92. The average Bonchev–Trinajstić information content (AvgIpc) is 3.98. The first-order valence-corrected chi connectivity index (χ1v) is 18.9. The van der Waals surface area contributed by atoms with Crippen LogP contribution < -0.4 is 0 Å². The van der Waals surface area contributed by atoms with Gasteiger partial charge in [0.05, 0.1) is 0 Å². The lowest BCUT2D eigenvalue weighted by Crippen LogP contribution is -2.00. The van der Waals surface area contributed by atoms with Gasteiger partial charge in [-0.1, -0.05) is 140 Å². The summed E-state index contributed by atoms with van der Waals surface area (Å²) in [5.41, 5.74) is 11.5. The Morgan fingerprint density at radius 2 is 0.772 bits per heavy atom. The highest BCUT2D eigenvalue weighted by atomic mass is 16.3. The Hall–Kier alpha value is -7.83. The molecule has 266 valence electrons. The van der Waals surface area contributed by atoms with Crippen molar-refractivity contribution in [2.24, 2.45) is 0 Å². The van der Waals surface area contributed by atoms with Gasteiger partial charge in [0.15, 0.2) is 17.5 Å². The van der Waals surface area contributed by atoms with E-state index in [9.17, 15) is 0 Å². The fraction of sp³-hybridized carbons (Fsp3) is 0. The molecule has 0 aliphatic rings. The van der Waals surface area contributed by atoms with E-state index >= 15 is 0 Å². The Bertz CT molecular complexity index is 3470. The van der Waals surface area contributed by atoms with Crippen LogP contribution in [-0.2, 0) is 0 Å². The Kier molecular flexibility index (Phi) is 6.83. The number of hydrogen-bond acceptors (Lipinski definition) is 6. The van der Waals surface area contributed by atoms with Crippen LogP contribution in [0, 0.1) is 0 Å². The van der Waals surface area contributed by atoms with Gasteiger partial charge < -0.3 is 13.3 Å². The summed E-state index contributed by atoms with van der Waals surface area (Å²) in [4.78, 5) is 15.1.